The van der Waals surface area contributed by atoms with Crippen LogP contribution in [-0.4, -0.2) is 32.1 Å². The molecule has 0 aliphatic rings. The Morgan fingerprint density at radius 1 is 1.00 bits per heavy atom. The third kappa shape index (κ3) is 4.90. The van der Waals surface area contributed by atoms with Gasteiger partial charge >= 0.3 is 6.18 Å². The number of benzene rings is 2. The molecule has 2 aromatic carbocycles. The van der Waals surface area contributed by atoms with E-state index in [1.807, 2.05) is 18.2 Å². The Morgan fingerprint density at radius 2 is 1.79 bits per heavy atom. The third-order valence-corrected chi connectivity index (χ3v) is 3.94. The van der Waals surface area contributed by atoms with Gasteiger partial charge in [-0.15, -0.1) is 0 Å². The lowest BCUT2D eigenvalue weighted by Crippen LogP contribution is -2.09. The molecule has 148 valence electrons. The summed E-state index contributed by atoms with van der Waals surface area (Å²) in [6.45, 7) is 0.797. The minimum absolute atomic E-state index is 0.0132. The van der Waals surface area contributed by atoms with Crippen molar-refractivity contribution in [1.29, 1.82) is 0 Å². The van der Waals surface area contributed by atoms with Crippen LogP contribution in [0.1, 0.15) is 5.56 Å². The molecule has 0 atom stereocenters. The first-order valence-electron chi connectivity index (χ1n) is 8.50. The number of hydrogen-bond donors (Lipinski definition) is 1. The van der Waals surface area contributed by atoms with Gasteiger partial charge in [-0.05, 0) is 36.4 Å². The van der Waals surface area contributed by atoms with Gasteiger partial charge in [-0.2, -0.15) is 13.2 Å². The molecule has 1 aromatic heterocycles. The molecule has 0 radical (unpaired) electrons. The van der Waals surface area contributed by atoms with Crippen LogP contribution in [0.3, 0.4) is 0 Å². The number of methoxy groups -OCH3 is 1. The van der Waals surface area contributed by atoms with Gasteiger partial charge in [0, 0.05) is 24.4 Å². The molecule has 0 amide bonds. The summed E-state index contributed by atoms with van der Waals surface area (Å²) in [6.07, 6.45) is -2.73. The summed E-state index contributed by atoms with van der Waals surface area (Å²) in [7, 11) is 1.57. The quantitative estimate of drug-likeness (QED) is 0.432. The summed E-state index contributed by atoms with van der Waals surface area (Å²) < 4.78 is 54.3. The van der Waals surface area contributed by atoms with Crippen molar-refractivity contribution in [3.8, 4) is 5.75 Å². The number of hydrogen-bond acceptors (Lipinski definition) is 5. The number of fused-ring (bicyclic) bond motifs is 1. The number of alkyl halides is 3. The fourth-order valence-electron chi connectivity index (χ4n) is 2.56. The summed E-state index contributed by atoms with van der Waals surface area (Å²) in [5, 5.41) is 3.95. The minimum Gasteiger partial charge on any atom is -0.463 e. The Morgan fingerprint density at radius 3 is 2.50 bits per heavy atom. The van der Waals surface area contributed by atoms with E-state index in [0.717, 1.165) is 17.5 Å². The van der Waals surface area contributed by atoms with Gasteiger partial charge in [0.1, 0.15) is 5.52 Å². The van der Waals surface area contributed by atoms with E-state index < -0.39 is 11.7 Å². The van der Waals surface area contributed by atoms with Crippen LogP contribution < -0.4 is 10.1 Å². The molecule has 0 aliphatic heterocycles. The smallest absolute Gasteiger partial charge is 0.416 e. The molecular weight excluding hydrogens is 373 g/mol. The van der Waals surface area contributed by atoms with Crippen molar-refractivity contribution in [2.45, 2.75) is 6.18 Å². The molecule has 1 heterocycles. The van der Waals surface area contributed by atoms with Gasteiger partial charge in [0.2, 0.25) is 0 Å². The van der Waals surface area contributed by atoms with Crippen molar-refractivity contribution >= 4 is 22.3 Å². The van der Waals surface area contributed by atoms with Gasteiger partial charge in [-0.25, -0.2) is 0 Å². The van der Waals surface area contributed by atoms with E-state index >= 15 is 0 Å². The average molecular weight is 392 g/mol. The highest BCUT2D eigenvalue weighted by molar-refractivity contribution is 5.91. The maximum Gasteiger partial charge on any atom is 0.416 e. The summed E-state index contributed by atoms with van der Waals surface area (Å²) in [5.41, 5.74) is 0.978. The maximum atomic E-state index is 12.7. The molecule has 8 heteroatoms. The molecule has 0 saturated heterocycles. The van der Waals surface area contributed by atoms with Crippen LogP contribution in [0, 0.1) is 0 Å². The first-order chi connectivity index (χ1) is 13.5. The number of pyridine rings is 1. The van der Waals surface area contributed by atoms with Gasteiger partial charge in [0.15, 0.2) is 12.5 Å². The number of halogens is 3. The number of anilines is 2. The van der Waals surface area contributed by atoms with Crippen LogP contribution in [0.25, 0.3) is 10.9 Å². The molecule has 3 aromatic rings. The molecule has 1 N–H and O–H groups in total. The predicted molar refractivity (Wildman–Crippen MR) is 99.8 cm³/mol. The van der Waals surface area contributed by atoms with Crippen molar-refractivity contribution in [2.24, 2.45) is 0 Å². The second-order valence-electron chi connectivity index (χ2n) is 5.88. The Kier molecular flexibility index (Phi) is 6.33. The zero-order valence-corrected chi connectivity index (χ0v) is 15.1. The van der Waals surface area contributed by atoms with Crippen LogP contribution in [0.5, 0.6) is 5.75 Å². The second kappa shape index (κ2) is 8.90. The molecule has 0 spiro atoms. The van der Waals surface area contributed by atoms with Crippen molar-refractivity contribution in [2.75, 3.05) is 32.4 Å². The summed E-state index contributed by atoms with van der Waals surface area (Å²) in [5.74, 6) is 0.454. The lowest BCUT2D eigenvalue weighted by atomic mass is 10.1. The number of nitrogens with zero attached hydrogens (tertiary/aromatic N) is 1. The van der Waals surface area contributed by atoms with E-state index in [2.05, 4.69) is 10.3 Å². The van der Waals surface area contributed by atoms with Gasteiger partial charge in [-0.1, -0.05) is 12.1 Å². The Labute approximate surface area is 160 Å². The van der Waals surface area contributed by atoms with Crippen molar-refractivity contribution in [3.05, 3.63) is 60.3 Å². The summed E-state index contributed by atoms with van der Waals surface area (Å²) in [4.78, 5) is 4.35. The highest BCUT2D eigenvalue weighted by Gasteiger charge is 2.29. The van der Waals surface area contributed by atoms with Crippen LogP contribution >= 0.6 is 0 Å². The van der Waals surface area contributed by atoms with E-state index in [9.17, 15) is 13.2 Å². The Bertz CT molecular complexity index is 915. The van der Waals surface area contributed by atoms with Crippen LogP contribution in [0.2, 0.25) is 0 Å². The molecule has 0 aliphatic carbocycles. The highest BCUT2D eigenvalue weighted by Crippen LogP contribution is 2.35. The monoisotopic (exact) mass is 392 g/mol. The first-order valence-corrected chi connectivity index (χ1v) is 8.50. The normalized spacial score (nSPS) is 11.6. The second-order valence-corrected chi connectivity index (χ2v) is 5.88. The Hall–Kier alpha value is -2.84. The third-order valence-electron chi connectivity index (χ3n) is 3.94. The van der Waals surface area contributed by atoms with Crippen molar-refractivity contribution in [1.82, 2.24) is 4.98 Å². The number of rotatable bonds is 8. The molecule has 0 unspecified atom stereocenters. The zero-order chi connectivity index (χ0) is 20.0. The van der Waals surface area contributed by atoms with Crippen molar-refractivity contribution < 1.29 is 27.4 Å². The molecule has 0 fully saturated rings. The van der Waals surface area contributed by atoms with Crippen molar-refractivity contribution in [3.63, 3.8) is 0 Å². The standard InChI is InChI=1S/C20H19F3N2O3/c1-26-11-12-27-13-28-19-17(9-4-14-3-2-10-24-18(14)19)25-16-7-5-15(6-8-16)20(21,22)23/h2-10,25H,11-13H2,1H3. The van der Waals surface area contributed by atoms with Gasteiger partial charge in [0.25, 0.3) is 0 Å². The maximum absolute atomic E-state index is 12.7. The first kappa shape index (κ1) is 19.9. The predicted octanol–water partition coefficient (Wildman–Crippen LogP) is 5.00. The summed E-state index contributed by atoms with van der Waals surface area (Å²) >= 11 is 0. The summed E-state index contributed by atoms with van der Waals surface area (Å²) in [6, 6.07) is 12.1. The molecular formula is C20H19F3N2O3. The molecule has 5 nitrogen and oxygen atoms in total. The molecule has 28 heavy (non-hydrogen) atoms. The lowest BCUT2D eigenvalue weighted by Gasteiger charge is -2.16. The molecule has 0 bridgehead atoms. The molecule has 0 saturated carbocycles. The zero-order valence-electron chi connectivity index (χ0n) is 15.1. The highest BCUT2D eigenvalue weighted by atomic mass is 19.4. The van der Waals surface area contributed by atoms with E-state index in [4.69, 9.17) is 14.2 Å². The van der Waals surface area contributed by atoms with E-state index in [1.54, 1.807) is 19.4 Å². The van der Waals surface area contributed by atoms with E-state index in [1.165, 1.54) is 12.1 Å². The average Bonchev–Trinajstić information content (AvgIpc) is 2.68. The van der Waals surface area contributed by atoms with Gasteiger partial charge in [-0.3, -0.25) is 4.98 Å². The Balaban J connectivity index is 1.84. The van der Waals surface area contributed by atoms with Gasteiger partial charge in [0.05, 0.1) is 24.5 Å². The van der Waals surface area contributed by atoms with Crippen LogP contribution in [0.4, 0.5) is 24.5 Å². The van der Waals surface area contributed by atoms with Gasteiger partial charge < -0.3 is 19.5 Å². The van der Waals surface area contributed by atoms with E-state index in [-0.39, 0.29) is 6.79 Å². The number of ether oxygens (including phenoxy) is 3. The SMILES string of the molecule is COCCOCOc1c(Nc2ccc(C(F)(F)F)cc2)ccc2cccnc12. The minimum atomic E-state index is -4.38. The molecule has 3 rings (SSSR count). The fourth-order valence-corrected chi connectivity index (χ4v) is 2.56. The fraction of sp³-hybridized carbons (Fsp3) is 0.250. The largest absolute Gasteiger partial charge is 0.463 e. The van der Waals surface area contributed by atoms with E-state index in [0.29, 0.717) is 35.9 Å². The van der Waals surface area contributed by atoms with Crippen LogP contribution in [0.15, 0.2) is 54.7 Å². The number of aromatic nitrogens is 1. The topological polar surface area (TPSA) is 52.6 Å². The lowest BCUT2D eigenvalue weighted by molar-refractivity contribution is -0.137. The number of nitrogens with one attached hydrogen (secondary N) is 1. The van der Waals surface area contributed by atoms with Crippen LogP contribution in [-0.2, 0) is 15.7 Å².